The molecule has 6 heteroatoms. The van der Waals surface area contributed by atoms with Crippen molar-refractivity contribution in [3.63, 3.8) is 0 Å². The van der Waals surface area contributed by atoms with Gasteiger partial charge < -0.3 is 15.4 Å². The molecule has 1 saturated heterocycles. The van der Waals surface area contributed by atoms with E-state index < -0.39 is 0 Å². The van der Waals surface area contributed by atoms with Crippen LogP contribution < -0.4 is 10.6 Å². The lowest BCUT2D eigenvalue weighted by molar-refractivity contribution is -0.126. The van der Waals surface area contributed by atoms with E-state index >= 15 is 0 Å². The Kier molecular flexibility index (Phi) is 6.01. The average molecular weight is 296 g/mol. The minimum absolute atomic E-state index is 0.0910. The van der Waals surface area contributed by atoms with E-state index in [9.17, 15) is 9.59 Å². The van der Waals surface area contributed by atoms with Crippen LogP contribution in [0, 0.1) is 0 Å². The van der Waals surface area contributed by atoms with Gasteiger partial charge in [0.25, 0.3) is 0 Å². The van der Waals surface area contributed by atoms with Crippen LogP contribution in [0.3, 0.4) is 0 Å². The lowest BCUT2D eigenvalue weighted by Crippen LogP contribution is -2.32. The van der Waals surface area contributed by atoms with Crippen LogP contribution in [-0.2, 0) is 20.9 Å². The number of amides is 2. The van der Waals surface area contributed by atoms with Crippen LogP contribution in [0.25, 0.3) is 0 Å². The fourth-order valence-electron chi connectivity index (χ4n) is 2.04. The molecule has 1 atom stereocenters. The van der Waals surface area contributed by atoms with Gasteiger partial charge in [-0.1, -0.05) is 6.07 Å². The number of thiophene rings is 1. The van der Waals surface area contributed by atoms with Crippen LogP contribution in [0.15, 0.2) is 17.5 Å². The predicted molar refractivity (Wildman–Crippen MR) is 77.4 cm³/mol. The molecule has 2 heterocycles. The van der Waals surface area contributed by atoms with Crippen molar-refractivity contribution in [2.45, 2.75) is 38.3 Å². The van der Waals surface area contributed by atoms with Gasteiger partial charge >= 0.3 is 0 Å². The first kappa shape index (κ1) is 15.0. The van der Waals surface area contributed by atoms with E-state index in [1.165, 1.54) is 0 Å². The van der Waals surface area contributed by atoms with Crippen molar-refractivity contribution in [1.82, 2.24) is 10.6 Å². The van der Waals surface area contributed by atoms with Crippen LogP contribution in [0.1, 0.15) is 30.6 Å². The highest BCUT2D eigenvalue weighted by atomic mass is 32.1. The molecule has 1 fully saturated rings. The van der Waals surface area contributed by atoms with Crippen LogP contribution in [-0.4, -0.2) is 31.1 Å². The molecule has 0 bridgehead atoms. The Hall–Kier alpha value is -1.40. The lowest BCUT2D eigenvalue weighted by atomic mass is 10.2. The van der Waals surface area contributed by atoms with Gasteiger partial charge in [-0.2, -0.15) is 0 Å². The molecule has 20 heavy (non-hydrogen) atoms. The average Bonchev–Trinajstić information content (AvgIpc) is 3.13. The van der Waals surface area contributed by atoms with Crippen molar-refractivity contribution < 1.29 is 14.3 Å². The first-order valence-electron chi connectivity index (χ1n) is 6.91. The van der Waals surface area contributed by atoms with Crippen molar-refractivity contribution in [1.29, 1.82) is 0 Å². The summed E-state index contributed by atoms with van der Waals surface area (Å²) in [5, 5.41) is 7.58. The van der Waals surface area contributed by atoms with Crippen molar-refractivity contribution in [2.24, 2.45) is 0 Å². The lowest BCUT2D eigenvalue weighted by Gasteiger charge is -2.10. The van der Waals surface area contributed by atoms with Crippen molar-refractivity contribution in [3.8, 4) is 0 Å². The number of nitrogens with one attached hydrogen (secondary N) is 2. The predicted octanol–water partition coefficient (Wildman–Crippen LogP) is 1.44. The summed E-state index contributed by atoms with van der Waals surface area (Å²) >= 11 is 1.60. The molecule has 1 aliphatic heterocycles. The van der Waals surface area contributed by atoms with Crippen LogP contribution >= 0.6 is 11.3 Å². The molecular weight excluding hydrogens is 276 g/mol. The molecular formula is C14H20N2O3S. The van der Waals surface area contributed by atoms with Gasteiger partial charge in [-0.25, -0.2) is 0 Å². The number of hydrogen-bond donors (Lipinski definition) is 2. The Labute approximate surface area is 122 Å². The third-order valence-corrected chi connectivity index (χ3v) is 4.05. The maximum absolute atomic E-state index is 11.6. The van der Waals surface area contributed by atoms with Crippen LogP contribution in [0.2, 0.25) is 0 Å². The second-order valence-electron chi connectivity index (χ2n) is 4.80. The minimum atomic E-state index is -0.0920. The largest absolute Gasteiger partial charge is 0.376 e. The Morgan fingerprint density at radius 2 is 2.10 bits per heavy atom. The molecule has 0 spiro atoms. The van der Waals surface area contributed by atoms with Crippen LogP contribution in [0.4, 0.5) is 0 Å². The molecule has 0 saturated carbocycles. The van der Waals surface area contributed by atoms with Gasteiger partial charge in [0.2, 0.25) is 11.8 Å². The summed E-state index contributed by atoms with van der Waals surface area (Å²) in [5.41, 5.74) is 0. The second kappa shape index (κ2) is 8.01. The zero-order valence-corrected chi connectivity index (χ0v) is 12.2. The SMILES string of the molecule is O=C(CCC(=O)NCC1CCCO1)NCc1cccs1. The summed E-state index contributed by atoms with van der Waals surface area (Å²) < 4.78 is 5.42. The van der Waals surface area contributed by atoms with Gasteiger partial charge in [0.15, 0.2) is 0 Å². The van der Waals surface area contributed by atoms with Gasteiger partial charge in [0.05, 0.1) is 12.6 Å². The maximum atomic E-state index is 11.6. The molecule has 1 aromatic heterocycles. The Bertz CT molecular complexity index is 428. The van der Waals surface area contributed by atoms with Gasteiger partial charge in [-0.05, 0) is 24.3 Å². The van der Waals surface area contributed by atoms with E-state index in [-0.39, 0.29) is 30.8 Å². The Morgan fingerprint density at radius 1 is 1.30 bits per heavy atom. The summed E-state index contributed by atoms with van der Waals surface area (Å²) in [5.74, 6) is -0.183. The van der Waals surface area contributed by atoms with E-state index in [1.807, 2.05) is 17.5 Å². The van der Waals surface area contributed by atoms with E-state index in [2.05, 4.69) is 10.6 Å². The molecule has 0 radical (unpaired) electrons. The summed E-state index contributed by atoms with van der Waals surface area (Å²) in [6, 6.07) is 3.92. The van der Waals surface area contributed by atoms with Gasteiger partial charge in [-0.3, -0.25) is 9.59 Å². The van der Waals surface area contributed by atoms with Crippen molar-refractivity contribution in [3.05, 3.63) is 22.4 Å². The standard InChI is InChI=1S/C14H20N2O3S/c17-13(15-9-11-3-1-7-19-11)5-6-14(18)16-10-12-4-2-8-20-12/h2,4,8,11H,1,3,5-7,9-10H2,(H,15,17)(H,16,18). The normalized spacial score (nSPS) is 17.9. The molecule has 5 nitrogen and oxygen atoms in total. The summed E-state index contributed by atoms with van der Waals surface area (Å²) in [7, 11) is 0. The van der Waals surface area contributed by atoms with Gasteiger partial charge in [0, 0.05) is 30.9 Å². The number of carbonyl (C=O) groups is 2. The zero-order valence-electron chi connectivity index (χ0n) is 11.4. The molecule has 2 rings (SSSR count). The summed E-state index contributed by atoms with van der Waals surface area (Å²) in [6.45, 7) is 1.87. The maximum Gasteiger partial charge on any atom is 0.220 e. The summed E-state index contributed by atoms with van der Waals surface area (Å²) in [4.78, 5) is 24.3. The Morgan fingerprint density at radius 3 is 2.75 bits per heavy atom. The summed E-state index contributed by atoms with van der Waals surface area (Å²) in [6.07, 6.45) is 2.66. The monoisotopic (exact) mass is 296 g/mol. The fourth-order valence-corrected chi connectivity index (χ4v) is 2.68. The highest BCUT2D eigenvalue weighted by molar-refractivity contribution is 7.09. The molecule has 1 aromatic rings. The van der Waals surface area contributed by atoms with Gasteiger partial charge in [0.1, 0.15) is 0 Å². The molecule has 0 aromatic carbocycles. The highest BCUT2D eigenvalue weighted by Gasteiger charge is 2.16. The molecule has 2 amide bonds. The fraction of sp³-hybridized carbons (Fsp3) is 0.571. The van der Waals surface area contributed by atoms with Crippen molar-refractivity contribution in [2.75, 3.05) is 13.2 Å². The first-order valence-corrected chi connectivity index (χ1v) is 7.79. The molecule has 1 unspecified atom stereocenters. The molecule has 0 aliphatic carbocycles. The number of carbonyl (C=O) groups excluding carboxylic acids is 2. The molecule has 1 aliphatic rings. The van der Waals surface area contributed by atoms with Crippen molar-refractivity contribution >= 4 is 23.2 Å². The zero-order chi connectivity index (χ0) is 14.2. The third-order valence-electron chi connectivity index (χ3n) is 3.17. The number of ether oxygens (including phenoxy) is 1. The number of rotatable bonds is 7. The Balaban J connectivity index is 1.54. The smallest absolute Gasteiger partial charge is 0.220 e. The minimum Gasteiger partial charge on any atom is -0.376 e. The third kappa shape index (κ3) is 5.30. The van der Waals surface area contributed by atoms with E-state index in [1.54, 1.807) is 11.3 Å². The molecule has 110 valence electrons. The topological polar surface area (TPSA) is 67.4 Å². The molecule has 2 N–H and O–H groups in total. The van der Waals surface area contributed by atoms with Gasteiger partial charge in [-0.15, -0.1) is 11.3 Å². The quantitative estimate of drug-likeness (QED) is 0.800. The van der Waals surface area contributed by atoms with E-state index in [0.29, 0.717) is 13.1 Å². The number of hydrogen-bond acceptors (Lipinski definition) is 4. The second-order valence-corrected chi connectivity index (χ2v) is 5.83. The highest BCUT2D eigenvalue weighted by Crippen LogP contribution is 2.10. The van der Waals surface area contributed by atoms with E-state index in [0.717, 1.165) is 24.3 Å². The van der Waals surface area contributed by atoms with Crippen LogP contribution in [0.5, 0.6) is 0 Å². The van der Waals surface area contributed by atoms with E-state index in [4.69, 9.17) is 4.74 Å². The first-order chi connectivity index (χ1) is 9.74.